The lowest BCUT2D eigenvalue weighted by Crippen LogP contribution is -1.99. The standard InChI is InChI=1S/C9H7Cl2N3S/c10-6-1-2-12-3-7(6)13-5-9-14-4-8(11)15-9/h1-4,13H,5H2. The largest absolute Gasteiger partial charge is 0.376 e. The van der Waals surface area contributed by atoms with Crippen molar-refractivity contribution in [2.45, 2.75) is 6.54 Å². The molecule has 0 aliphatic heterocycles. The highest BCUT2D eigenvalue weighted by Gasteiger charge is 2.02. The molecule has 0 saturated carbocycles. The first-order valence-electron chi connectivity index (χ1n) is 4.19. The number of nitrogens with one attached hydrogen (secondary N) is 1. The van der Waals surface area contributed by atoms with Crippen molar-refractivity contribution in [3.63, 3.8) is 0 Å². The molecule has 0 fully saturated rings. The Labute approximate surface area is 101 Å². The average molecular weight is 260 g/mol. The predicted molar refractivity (Wildman–Crippen MR) is 63.7 cm³/mol. The molecular weight excluding hydrogens is 253 g/mol. The first-order chi connectivity index (χ1) is 7.25. The number of anilines is 1. The van der Waals surface area contributed by atoms with Crippen LogP contribution >= 0.6 is 34.5 Å². The summed E-state index contributed by atoms with van der Waals surface area (Å²) in [5.41, 5.74) is 0.797. The molecular formula is C9H7Cl2N3S. The number of nitrogens with zero attached hydrogens (tertiary/aromatic N) is 2. The first kappa shape index (κ1) is 10.7. The van der Waals surface area contributed by atoms with Crippen LogP contribution in [0.2, 0.25) is 9.36 Å². The van der Waals surface area contributed by atoms with Gasteiger partial charge >= 0.3 is 0 Å². The van der Waals surface area contributed by atoms with Crippen molar-refractivity contribution < 1.29 is 0 Å². The zero-order valence-corrected chi connectivity index (χ0v) is 9.90. The Kier molecular flexibility index (Phi) is 3.41. The maximum atomic E-state index is 5.95. The molecule has 3 nitrogen and oxygen atoms in total. The van der Waals surface area contributed by atoms with E-state index in [9.17, 15) is 0 Å². The lowest BCUT2D eigenvalue weighted by Gasteiger charge is -2.04. The molecule has 0 amide bonds. The number of halogens is 2. The van der Waals surface area contributed by atoms with Gasteiger partial charge in [-0.3, -0.25) is 4.98 Å². The summed E-state index contributed by atoms with van der Waals surface area (Å²) in [4.78, 5) is 8.09. The van der Waals surface area contributed by atoms with Crippen LogP contribution < -0.4 is 5.32 Å². The predicted octanol–water partition coefficient (Wildman–Crippen LogP) is 3.46. The number of pyridine rings is 1. The van der Waals surface area contributed by atoms with E-state index in [0.29, 0.717) is 15.9 Å². The number of rotatable bonds is 3. The van der Waals surface area contributed by atoms with E-state index in [1.165, 1.54) is 11.3 Å². The fraction of sp³-hybridized carbons (Fsp3) is 0.111. The molecule has 2 rings (SSSR count). The molecule has 0 aliphatic carbocycles. The van der Waals surface area contributed by atoms with Gasteiger partial charge in [0.15, 0.2) is 0 Å². The minimum absolute atomic E-state index is 0.600. The quantitative estimate of drug-likeness (QED) is 0.918. The van der Waals surface area contributed by atoms with Gasteiger partial charge in [0.25, 0.3) is 0 Å². The lowest BCUT2D eigenvalue weighted by atomic mass is 10.4. The van der Waals surface area contributed by atoms with Gasteiger partial charge in [0.1, 0.15) is 9.34 Å². The van der Waals surface area contributed by atoms with Crippen LogP contribution in [0.3, 0.4) is 0 Å². The smallest absolute Gasteiger partial charge is 0.113 e. The Bertz CT molecular complexity index is 458. The van der Waals surface area contributed by atoms with E-state index in [0.717, 1.165) is 10.7 Å². The summed E-state index contributed by atoms with van der Waals surface area (Å²) in [6, 6.07) is 1.73. The van der Waals surface area contributed by atoms with E-state index in [1.54, 1.807) is 24.7 Å². The van der Waals surface area contributed by atoms with E-state index in [1.807, 2.05) is 0 Å². The van der Waals surface area contributed by atoms with Gasteiger partial charge in [0, 0.05) is 6.20 Å². The van der Waals surface area contributed by atoms with Crippen molar-refractivity contribution >= 4 is 40.2 Å². The molecule has 6 heteroatoms. The molecule has 0 unspecified atom stereocenters. The summed E-state index contributed by atoms with van der Waals surface area (Å²) in [5, 5.41) is 4.70. The minimum atomic E-state index is 0.600. The van der Waals surface area contributed by atoms with Crippen LogP contribution in [0, 0.1) is 0 Å². The molecule has 1 N–H and O–H groups in total. The van der Waals surface area contributed by atoms with Gasteiger partial charge in [-0.15, -0.1) is 11.3 Å². The maximum Gasteiger partial charge on any atom is 0.113 e. The van der Waals surface area contributed by atoms with Crippen molar-refractivity contribution in [1.29, 1.82) is 0 Å². The van der Waals surface area contributed by atoms with Crippen molar-refractivity contribution in [2.24, 2.45) is 0 Å². The Balaban J connectivity index is 2.02. The highest BCUT2D eigenvalue weighted by Crippen LogP contribution is 2.22. The van der Waals surface area contributed by atoms with Crippen molar-refractivity contribution in [1.82, 2.24) is 9.97 Å². The first-order valence-corrected chi connectivity index (χ1v) is 5.76. The van der Waals surface area contributed by atoms with Crippen molar-refractivity contribution in [3.05, 3.63) is 39.0 Å². The highest BCUT2D eigenvalue weighted by atomic mass is 35.5. The van der Waals surface area contributed by atoms with Gasteiger partial charge in [-0.25, -0.2) is 4.98 Å². The molecule has 0 aliphatic rings. The number of hydrogen-bond acceptors (Lipinski definition) is 4. The van der Waals surface area contributed by atoms with E-state index in [2.05, 4.69) is 15.3 Å². The zero-order valence-electron chi connectivity index (χ0n) is 7.58. The van der Waals surface area contributed by atoms with Gasteiger partial charge in [0.2, 0.25) is 0 Å². The molecule has 0 atom stereocenters. The van der Waals surface area contributed by atoms with Crippen LogP contribution in [0.1, 0.15) is 5.01 Å². The summed E-state index contributed by atoms with van der Waals surface area (Å²) in [6.45, 7) is 0.600. The van der Waals surface area contributed by atoms with Gasteiger partial charge in [0.05, 0.1) is 29.6 Å². The second kappa shape index (κ2) is 4.79. The van der Waals surface area contributed by atoms with Crippen molar-refractivity contribution in [2.75, 3.05) is 5.32 Å². The molecule has 15 heavy (non-hydrogen) atoms. The SMILES string of the molecule is Clc1cnc(CNc2cnccc2Cl)s1. The molecule has 2 aromatic rings. The van der Waals surface area contributed by atoms with Crippen LogP contribution in [-0.4, -0.2) is 9.97 Å². The Morgan fingerprint density at radius 2 is 2.20 bits per heavy atom. The van der Waals surface area contributed by atoms with Gasteiger partial charge < -0.3 is 5.32 Å². The topological polar surface area (TPSA) is 37.8 Å². The van der Waals surface area contributed by atoms with Crippen LogP contribution in [0.15, 0.2) is 24.7 Å². The second-order valence-electron chi connectivity index (χ2n) is 2.77. The third-order valence-electron chi connectivity index (χ3n) is 1.72. The summed E-state index contributed by atoms with van der Waals surface area (Å²) < 4.78 is 0.684. The summed E-state index contributed by atoms with van der Waals surface area (Å²) in [7, 11) is 0. The summed E-state index contributed by atoms with van der Waals surface area (Å²) >= 11 is 13.2. The maximum absolute atomic E-state index is 5.95. The van der Waals surface area contributed by atoms with Crippen LogP contribution in [0.5, 0.6) is 0 Å². The molecule has 0 spiro atoms. The fourth-order valence-corrected chi connectivity index (χ4v) is 2.12. The van der Waals surface area contributed by atoms with Crippen LogP contribution in [0.4, 0.5) is 5.69 Å². The van der Waals surface area contributed by atoms with E-state index in [4.69, 9.17) is 23.2 Å². The van der Waals surface area contributed by atoms with Crippen molar-refractivity contribution in [3.8, 4) is 0 Å². The molecule has 0 radical (unpaired) electrons. The highest BCUT2D eigenvalue weighted by molar-refractivity contribution is 7.15. The summed E-state index contributed by atoms with van der Waals surface area (Å²) in [5.74, 6) is 0. The lowest BCUT2D eigenvalue weighted by molar-refractivity contribution is 1.10. The van der Waals surface area contributed by atoms with Gasteiger partial charge in [-0.2, -0.15) is 0 Å². The average Bonchev–Trinajstić information content (AvgIpc) is 2.63. The third-order valence-corrected chi connectivity index (χ3v) is 3.17. The summed E-state index contributed by atoms with van der Waals surface area (Å²) in [6.07, 6.45) is 4.96. The normalized spacial score (nSPS) is 10.3. The fourth-order valence-electron chi connectivity index (χ4n) is 1.05. The molecule has 0 saturated heterocycles. The van der Waals surface area contributed by atoms with E-state index in [-0.39, 0.29) is 0 Å². The number of hydrogen-bond donors (Lipinski definition) is 1. The molecule has 0 bridgehead atoms. The molecule has 2 aromatic heterocycles. The third kappa shape index (κ3) is 2.81. The van der Waals surface area contributed by atoms with Gasteiger partial charge in [-0.1, -0.05) is 23.2 Å². The molecule has 0 aromatic carbocycles. The second-order valence-corrected chi connectivity index (χ2v) is 4.92. The molecule has 78 valence electrons. The Morgan fingerprint density at radius 3 is 2.87 bits per heavy atom. The van der Waals surface area contributed by atoms with Gasteiger partial charge in [-0.05, 0) is 6.07 Å². The Morgan fingerprint density at radius 1 is 1.33 bits per heavy atom. The van der Waals surface area contributed by atoms with Crippen LogP contribution in [0.25, 0.3) is 0 Å². The molecule has 2 heterocycles. The number of thiazole rings is 1. The van der Waals surface area contributed by atoms with E-state index < -0.39 is 0 Å². The van der Waals surface area contributed by atoms with Crippen LogP contribution in [-0.2, 0) is 6.54 Å². The minimum Gasteiger partial charge on any atom is -0.376 e. The Hall–Kier alpha value is -0.840. The number of aromatic nitrogens is 2. The monoisotopic (exact) mass is 259 g/mol. The zero-order chi connectivity index (χ0) is 10.7. The van der Waals surface area contributed by atoms with E-state index >= 15 is 0 Å².